The highest BCUT2D eigenvalue weighted by Crippen LogP contribution is 2.52. The van der Waals surface area contributed by atoms with Gasteiger partial charge in [-0.3, -0.25) is 14.5 Å². The van der Waals surface area contributed by atoms with E-state index in [1.807, 2.05) is 53.1 Å². The number of halogens is 1. The molecule has 3 amide bonds. The molecule has 4 aliphatic rings. The van der Waals surface area contributed by atoms with E-state index < -0.39 is 41.5 Å². The Labute approximate surface area is 330 Å². The largest absolute Gasteiger partial charge is 0.490 e. The summed E-state index contributed by atoms with van der Waals surface area (Å²) in [4.78, 5) is 53.6. The number of hydrogen-bond donors (Lipinski definition) is 3. The molecular formula is C39H52ClN7O7S. The highest BCUT2D eigenvalue weighted by Gasteiger charge is 2.48. The van der Waals surface area contributed by atoms with E-state index in [4.69, 9.17) is 46.3 Å². The number of morpholine rings is 1. The summed E-state index contributed by atoms with van der Waals surface area (Å²) in [6.45, 7) is 12.2. The summed E-state index contributed by atoms with van der Waals surface area (Å²) in [7, 11) is 2.04. The number of nitrogens with two attached hydrogens (primary N) is 1. The average molecular weight is 798 g/mol. The number of nitrogens with one attached hydrogen (secondary N) is 2. The van der Waals surface area contributed by atoms with Crippen molar-refractivity contribution in [2.24, 2.45) is 23.0 Å². The SMILES string of the molecule is CC(C)Nc1nc(-c2cc(OC3C[C@@H](C(N)=O)N(C(=O)[C@@H](NC(=O)OC4C[C@@H]5C[C@@H]5C4)C(C)(C)C)C3)c3ccc(OC[C@@H]4COCCN4C)c(Cl)c3n2)cs1. The Bertz CT molecular complexity index is 1910. The van der Waals surface area contributed by atoms with Crippen molar-refractivity contribution in [1.82, 2.24) is 25.1 Å². The molecule has 1 aromatic carbocycles. The lowest BCUT2D eigenvalue weighted by Crippen LogP contribution is -2.57. The number of pyridine rings is 1. The van der Waals surface area contributed by atoms with Crippen molar-refractivity contribution in [2.45, 2.75) is 96.7 Å². The lowest BCUT2D eigenvalue weighted by atomic mass is 9.85. The summed E-state index contributed by atoms with van der Waals surface area (Å²) in [6, 6.07) is 3.77. The van der Waals surface area contributed by atoms with Crippen LogP contribution in [0.3, 0.4) is 0 Å². The number of fused-ring (bicyclic) bond motifs is 2. The molecule has 4 heterocycles. The number of likely N-dealkylation sites (tertiary alicyclic amines) is 1. The van der Waals surface area contributed by atoms with Gasteiger partial charge < -0.3 is 40.2 Å². The molecule has 0 spiro atoms. The van der Waals surface area contributed by atoms with Gasteiger partial charge in [0.05, 0.1) is 37.0 Å². The summed E-state index contributed by atoms with van der Waals surface area (Å²) in [5.74, 6) is 1.11. The molecule has 14 nitrogen and oxygen atoms in total. The number of aromatic nitrogens is 2. The second-order valence-electron chi connectivity index (χ2n) is 16.7. The van der Waals surface area contributed by atoms with E-state index in [1.54, 1.807) is 12.1 Å². The van der Waals surface area contributed by atoms with Crippen LogP contribution in [0.4, 0.5) is 9.93 Å². The fourth-order valence-electron chi connectivity index (χ4n) is 7.80. The minimum atomic E-state index is -0.972. The molecule has 2 unspecified atom stereocenters. The Morgan fingerprint density at radius 2 is 1.84 bits per heavy atom. The van der Waals surface area contributed by atoms with E-state index in [0.29, 0.717) is 70.5 Å². The first kappa shape index (κ1) is 39.3. The molecule has 7 rings (SSSR count). The predicted octanol–water partition coefficient (Wildman–Crippen LogP) is 5.31. The zero-order valence-electron chi connectivity index (χ0n) is 32.3. The Kier molecular flexibility index (Phi) is 11.4. The van der Waals surface area contributed by atoms with Gasteiger partial charge in [0, 0.05) is 35.8 Å². The number of anilines is 1. The second kappa shape index (κ2) is 15.9. The summed E-state index contributed by atoms with van der Waals surface area (Å²) in [6.07, 6.45) is 1.67. The van der Waals surface area contributed by atoms with E-state index >= 15 is 0 Å². The number of hydrogen-bond acceptors (Lipinski definition) is 12. The van der Waals surface area contributed by atoms with Crippen LogP contribution in [0.1, 0.15) is 60.3 Å². The Morgan fingerprint density at radius 3 is 2.53 bits per heavy atom. The number of likely N-dealkylation sites (N-methyl/N-ethyl adjacent to an activating group) is 1. The molecule has 2 aliphatic carbocycles. The number of alkyl carbamates (subject to hydrolysis) is 1. The lowest BCUT2D eigenvalue weighted by molar-refractivity contribution is -0.141. The van der Waals surface area contributed by atoms with E-state index in [2.05, 4.69) is 15.5 Å². The number of thiazole rings is 1. The molecule has 2 aliphatic heterocycles. The normalized spacial score (nSPS) is 25.8. The number of rotatable bonds is 12. The molecule has 298 valence electrons. The third-order valence-corrected chi connectivity index (χ3v) is 12.1. The Hall–Kier alpha value is -3.92. The van der Waals surface area contributed by atoms with Crippen molar-refractivity contribution in [1.29, 1.82) is 0 Å². The van der Waals surface area contributed by atoms with Crippen LogP contribution in [-0.4, -0.2) is 114 Å². The van der Waals surface area contributed by atoms with E-state index in [0.717, 1.165) is 24.5 Å². The fourth-order valence-corrected chi connectivity index (χ4v) is 8.91. The smallest absolute Gasteiger partial charge is 0.408 e. The van der Waals surface area contributed by atoms with Gasteiger partial charge >= 0.3 is 6.09 Å². The number of primary amides is 1. The zero-order valence-corrected chi connectivity index (χ0v) is 33.9. The lowest BCUT2D eigenvalue weighted by Gasteiger charge is -2.35. The minimum Gasteiger partial charge on any atom is -0.490 e. The number of benzene rings is 1. The zero-order chi connectivity index (χ0) is 39.2. The molecule has 55 heavy (non-hydrogen) atoms. The van der Waals surface area contributed by atoms with Crippen LogP contribution < -0.4 is 25.8 Å². The number of amides is 3. The summed E-state index contributed by atoms with van der Waals surface area (Å²) in [5, 5.41) is 9.75. The standard InChI is InChI=1S/C39H52ClN7O7S/c1-20(2)42-37-44-28(19-55-37)27-15-31(26-7-8-30(32(40)33(26)43-27)52-18-23-17-51-10-9-46(23)6)53-25-14-29(35(41)48)47(16-25)36(49)34(39(3,4)5)45-38(50)54-24-12-21-11-22(21)13-24/h7-8,15,19-25,29,34H,9-14,16-18H2,1-6H3,(H2,41,48)(H,42,44)(H,45,50)/t21-,22+,23-,24?,25?,29-,34+/m0/s1. The summed E-state index contributed by atoms with van der Waals surface area (Å²) < 4.78 is 24.3. The van der Waals surface area contributed by atoms with Gasteiger partial charge in [0.15, 0.2) is 5.13 Å². The van der Waals surface area contributed by atoms with E-state index in [-0.39, 0.29) is 31.2 Å². The number of nitrogens with zero attached hydrogens (tertiary/aromatic N) is 4. The average Bonchev–Trinajstić information content (AvgIpc) is 3.44. The second-order valence-corrected chi connectivity index (χ2v) is 18.0. The van der Waals surface area contributed by atoms with Crippen LogP contribution in [-0.2, 0) is 19.1 Å². The highest BCUT2D eigenvalue weighted by atomic mass is 35.5. The third kappa shape index (κ3) is 8.90. The van der Waals surface area contributed by atoms with E-state index in [1.165, 1.54) is 22.7 Å². The fraction of sp³-hybridized carbons (Fsp3) is 0.615. The van der Waals surface area contributed by atoms with Crippen molar-refractivity contribution >= 4 is 56.9 Å². The van der Waals surface area contributed by atoms with Gasteiger partial charge in [-0.15, -0.1) is 11.3 Å². The quantitative estimate of drug-likeness (QED) is 0.217. The van der Waals surface area contributed by atoms with Gasteiger partial charge in [-0.1, -0.05) is 32.4 Å². The minimum absolute atomic E-state index is 0.0615. The van der Waals surface area contributed by atoms with Crippen LogP contribution >= 0.6 is 22.9 Å². The Balaban J connectivity index is 1.15. The van der Waals surface area contributed by atoms with Gasteiger partial charge in [-0.05, 0) is 69.5 Å². The maximum atomic E-state index is 14.3. The van der Waals surface area contributed by atoms with Crippen molar-refractivity contribution in [3.8, 4) is 22.9 Å². The van der Waals surface area contributed by atoms with Crippen LogP contribution in [0, 0.1) is 17.3 Å². The first-order chi connectivity index (χ1) is 26.1. The maximum Gasteiger partial charge on any atom is 0.408 e. The highest BCUT2D eigenvalue weighted by molar-refractivity contribution is 7.14. The molecule has 3 aromatic rings. The van der Waals surface area contributed by atoms with Crippen LogP contribution in [0.2, 0.25) is 5.02 Å². The molecule has 16 heteroatoms. The maximum absolute atomic E-state index is 14.3. The number of carbonyl (C=O) groups excluding carboxylic acids is 3. The van der Waals surface area contributed by atoms with Crippen molar-refractivity contribution < 1.29 is 33.3 Å². The molecule has 7 atom stereocenters. The first-order valence-electron chi connectivity index (χ1n) is 19.1. The van der Waals surface area contributed by atoms with Gasteiger partial charge in [-0.2, -0.15) is 0 Å². The van der Waals surface area contributed by atoms with Crippen molar-refractivity contribution in [2.75, 3.05) is 45.3 Å². The predicted molar refractivity (Wildman–Crippen MR) is 211 cm³/mol. The molecule has 0 bridgehead atoms. The van der Waals surface area contributed by atoms with Crippen LogP contribution in [0.5, 0.6) is 11.5 Å². The van der Waals surface area contributed by atoms with E-state index in [9.17, 15) is 14.4 Å². The number of carbonyl (C=O) groups is 3. The van der Waals surface area contributed by atoms with Crippen LogP contribution in [0.15, 0.2) is 23.6 Å². The topological polar surface area (TPSA) is 170 Å². The molecule has 2 aromatic heterocycles. The van der Waals surface area contributed by atoms with Gasteiger partial charge in [0.25, 0.3) is 0 Å². The Morgan fingerprint density at radius 1 is 1.07 bits per heavy atom. The van der Waals surface area contributed by atoms with Crippen molar-refractivity contribution in [3.05, 3.63) is 28.6 Å². The van der Waals surface area contributed by atoms with Crippen LogP contribution in [0.25, 0.3) is 22.3 Å². The molecule has 2 saturated heterocycles. The molecule has 2 saturated carbocycles. The summed E-state index contributed by atoms with van der Waals surface area (Å²) >= 11 is 8.51. The number of ether oxygens (including phenoxy) is 4. The third-order valence-electron chi connectivity index (χ3n) is 11.0. The summed E-state index contributed by atoms with van der Waals surface area (Å²) in [5.41, 5.74) is 6.82. The molecule has 4 N–H and O–H groups in total. The van der Waals surface area contributed by atoms with Crippen molar-refractivity contribution in [3.63, 3.8) is 0 Å². The van der Waals surface area contributed by atoms with Gasteiger partial charge in [-0.25, -0.2) is 14.8 Å². The molecular weight excluding hydrogens is 746 g/mol. The molecule has 4 fully saturated rings. The monoisotopic (exact) mass is 797 g/mol. The van der Waals surface area contributed by atoms with Gasteiger partial charge in [0.2, 0.25) is 11.8 Å². The molecule has 0 radical (unpaired) electrons. The van der Waals surface area contributed by atoms with Gasteiger partial charge in [0.1, 0.15) is 53.1 Å². The first-order valence-corrected chi connectivity index (χ1v) is 20.4.